The molecular formula is C17H19N3O5. The molecule has 0 saturated heterocycles. The first-order chi connectivity index (χ1) is 11.8. The Labute approximate surface area is 144 Å². The highest BCUT2D eigenvalue weighted by molar-refractivity contribution is 6.39. The number of nitrogens with one attached hydrogen (secondary N) is 2. The molecule has 8 nitrogen and oxygen atoms in total. The molecule has 0 aliphatic carbocycles. The molecule has 25 heavy (non-hydrogen) atoms. The molecule has 0 saturated carbocycles. The first-order valence-corrected chi connectivity index (χ1v) is 7.66. The molecule has 0 atom stereocenters. The molecule has 1 aromatic heterocycles. The summed E-state index contributed by atoms with van der Waals surface area (Å²) in [6, 6.07) is 6.72. The van der Waals surface area contributed by atoms with E-state index in [4.69, 9.17) is 9.15 Å². The van der Waals surface area contributed by atoms with Crippen molar-refractivity contribution in [1.82, 2.24) is 10.3 Å². The van der Waals surface area contributed by atoms with Crippen LogP contribution in [0.5, 0.6) is 0 Å². The van der Waals surface area contributed by atoms with E-state index in [1.807, 2.05) is 0 Å². The van der Waals surface area contributed by atoms with Crippen molar-refractivity contribution in [3.05, 3.63) is 36.4 Å². The quantitative estimate of drug-likeness (QED) is 0.630. The van der Waals surface area contributed by atoms with E-state index in [0.717, 1.165) is 5.56 Å². The Morgan fingerprint density at radius 3 is 2.40 bits per heavy atom. The maximum atomic E-state index is 11.8. The largest absolute Gasteiger partial charge is 0.462 e. The average Bonchev–Trinajstić information content (AvgIpc) is 2.99. The van der Waals surface area contributed by atoms with Gasteiger partial charge in [-0.25, -0.2) is 4.98 Å². The smallest absolute Gasteiger partial charge is 0.325 e. The van der Waals surface area contributed by atoms with Crippen LogP contribution in [0.15, 0.2) is 34.9 Å². The predicted octanol–water partition coefficient (Wildman–Crippen LogP) is 1.66. The number of rotatable bonds is 5. The molecule has 1 aromatic carbocycles. The number of hydrogen-bond donors (Lipinski definition) is 2. The van der Waals surface area contributed by atoms with E-state index in [-0.39, 0.29) is 12.6 Å². The summed E-state index contributed by atoms with van der Waals surface area (Å²) in [5, 5.41) is 4.64. The second-order valence-electron chi connectivity index (χ2n) is 5.50. The number of nitrogens with zero attached hydrogens (tertiary/aromatic N) is 1. The highest BCUT2D eigenvalue weighted by Crippen LogP contribution is 2.21. The third-order valence-electron chi connectivity index (χ3n) is 3.02. The number of esters is 1. The molecule has 2 amide bonds. The lowest BCUT2D eigenvalue weighted by atomic mass is 10.1. The number of ether oxygens (including phenoxy) is 1. The van der Waals surface area contributed by atoms with Gasteiger partial charge in [-0.3, -0.25) is 14.4 Å². The summed E-state index contributed by atoms with van der Waals surface area (Å²) in [5.74, 6) is -1.24. The number of hydrogen-bond acceptors (Lipinski definition) is 6. The first-order valence-electron chi connectivity index (χ1n) is 7.66. The normalized spacial score (nSPS) is 10.4. The molecule has 0 unspecified atom stereocenters. The van der Waals surface area contributed by atoms with Crippen LogP contribution in [0.2, 0.25) is 0 Å². The van der Waals surface area contributed by atoms with Crippen LogP contribution in [0.1, 0.15) is 19.7 Å². The van der Waals surface area contributed by atoms with Crippen LogP contribution in [-0.4, -0.2) is 35.4 Å². The number of anilines is 1. The van der Waals surface area contributed by atoms with E-state index in [9.17, 15) is 14.4 Å². The zero-order chi connectivity index (χ0) is 18.4. The van der Waals surface area contributed by atoms with E-state index in [1.54, 1.807) is 51.2 Å². The lowest BCUT2D eigenvalue weighted by Gasteiger charge is -2.09. The van der Waals surface area contributed by atoms with Gasteiger partial charge in [-0.15, -0.1) is 0 Å². The third-order valence-corrected chi connectivity index (χ3v) is 3.02. The maximum absolute atomic E-state index is 11.8. The third kappa shape index (κ3) is 5.45. The summed E-state index contributed by atoms with van der Waals surface area (Å²) in [7, 11) is 0. The highest BCUT2D eigenvalue weighted by Gasteiger charge is 2.16. The Balaban J connectivity index is 1.87. The SMILES string of the molecule is Cc1ncc(-c2ccc(NC(=O)C(=O)NCC(=O)OC(C)C)cc2)o1. The fourth-order valence-electron chi connectivity index (χ4n) is 1.94. The molecule has 0 radical (unpaired) electrons. The minimum Gasteiger partial charge on any atom is -0.462 e. The van der Waals surface area contributed by atoms with Gasteiger partial charge in [0.05, 0.1) is 12.3 Å². The van der Waals surface area contributed by atoms with E-state index in [1.165, 1.54) is 0 Å². The lowest BCUT2D eigenvalue weighted by Crippen LogP contribution is -2.39. The molecule has 1 heterocycles. The fourth-order valence-corrected chi connectivity index (χ4v) is 1.94. The van der Waals surface area contributed by atoms with Crippen LogP contribution in [-0.2, 0) is 19.1 Å². The van der Waals surface area contributed by atoms with Gasteiger partial charge in [-0.2, -0.15) is 0 Å². The van der Waals surface area contributed by atoms with Gasteiger partial charge >= 0.3 is 17.8 Å². The Bertz CT molecular complexity index is 765. The van der Waals surface area contributed by atoms with Crippen molar-refractivity contribution in [2.45, 2.75) is 26.9 Å². The van der Waals surface area contributed by atoms with Crippen molar-refractivity contribution in [2.24, 2.45) is 0 Å². The summed E-state index contributed by atoms with van der Waals surface area (Å²) >= 11 is 0. The lowest BCUT2D eigenvalue weighted by molar-refractivity contribution is -0.147. The minimum absolute atomic E-state index is 0.287. The number of amides is 2. The summed E-state index contributed by atoms with van der Waals surface area (Å²) in [4.78, 5) is 38.8. The van der Waals surface area contributed by atoms with Crippen LogP contribution in [0.25, 0.3) is 11.3 Å². The molecule has 0 bridgehead atoms. The van der Waals surface area contributed by atoms with Crippen molar-refractivity contribution in [3.8, 4) is 11.3 Å². The van der Waals surface area contributed by atoms with Crippen LogP contribution >= 0.6 is 0 Å². The number of carbonyl (C=O) groups is 3. The van der Waals surface area contributed by atoms with Crippen molar-refractivity contribution in [3.63, 3.8) is 0 Å². The van der Waals surface area contributed by atoms with Gasteiger partial charge in [0, 0.05) is 18.2 Å². The van der Waals surface area contributed by atoms with E-state index in [2.05, 4.69) is 15.6 Å². The summed E-state index contributed by atoms with van der Waals surface area (Å²) in [6.07, 6.45) is 1.32. The van der Waals surface area contributed by atoms with E-state index in [0.29, 0.717) is 17.3 Å². The van der Waals surface area contributed by atoms with Crippen LogP contribution in [0.4, 0.5) is 5.69 Å². The minimum atomic E-state index is -0.921. The number of aryl methyl sites for hydroxylation is 1. The van der Waals surface area contributed by atoms with Crippen LogP contribution in [0.3, 0.4) is 0 Å². The van der Waals surface area contributed by atoms with E-state index < -0.39 is 17.8 Å². The summed E-state index contributed by atoms with van der Waals surface area (Å²) in [5.41, 5.74) is 1.23. The first kappa shape index (κ1) is 18.2. The number of oxazole rings is 1. The van der Waals surface area contributed by atoms with Gasteiger partial charge < -0.3 is 19.8 Å². The topological polar surface area (TPSA) is 111 Å². The number of benzene rings is 1. The Kier molecular flexibility index (Phi) is 5.89. The molecule has 0 spiro atoms. The van der Waals surface area contributed by atoms with Crippen molar-refractivity contribution < 1.29 is 23.5 Å². The summed E-state index contributed by atoms with van der Waals surface area (Å²) in [6.45, 7) is 4.76. The van der Waals surface area contributed by atoms with Crippen molar-refractivity contribution in [1.29, 1.82) is 0 Å². The average molecular weight is 345 g/mol. The van der Waals surface area contributed by atoms with Gasteiger partial charge in [-0.05, 0) is 38.1 Å². The van der Waals surface area contributed by atoms with Crippen molar-refractivity contribution >= 4 is 23.5 Å². The van der Waals surface area contributed by atoms with Gasteiger partial charge in [0.2, 0.25) is 0 Å². The zero-order valence-corrected chi connectivity index (χ0v) is 14.2. The van der Waals surface area contributed by atoms with Gasteiger partial charge in [0.25, 0.3) is 0 Å². The zero-order valence-electron chi connectivity index (χ0n) is 14.2. The fraction of sp³-hybridized carbons (Fsp3) is 0.294. The number of carbonyl (C=O) groups excluding carboxylic acids is 3. The molecule has 0 fully saturated rings. The Hall–Kier alpha value is -3.16. The van der Waals surface area contributed by atoms with E-state index >= 15 is 0 Å². The molecule has 0 aliphatic heterocycles. The standard InChI is InChI=1S/C17H19N3O5/c1-10(2)24-15(21)9-19-16(22)17(23)20-13-6-4-12(5-7-13)14-8-18-11(3)25-14/h4-8,10H,9H2,1-3H3,(H,19,22)(H,20,23). The van der Waals surface area contributed by atoms with Crippen LogP contribution < -0.4 is 10.6 Å². The molecule has 2 aromatic rings. The molecule has 0 aliphatic rings. The van der Waals surface area contributed by atoms with Gasteiger partial charge in [-0.1, -0.05) is 0 Å². The molecule has 2 rings (SSSR count). The Morgan fingerprint density at radius 1 is 1.16 bits per heavy atom. The monoisotopic (exact) mass is 345 g/mol. The highest BCUT2D eigenvalue weighted by atomic mass is 16.5. The van der Waals surface area contributed by atoms with Crippen molar-refractivity contribution in [2.75, 3.05) is 11.9 Å². The summed E-state index contributed by atoms with van der Waals surface area (Å²) < 4.78 is 10.3. The Morgan fingerprint density at radius 2 is 1.84 bits per heavy atom. The second kappa shape index (κ2) is 8.09. The molecular weight excluding hydrogens is 326 g/mol. The molecule has 8 heteroatoms. The maximum Gasteiger partial charge on any atom is 0.325 e. The molecule has 132 valence electrons. The van der Waals surface area contributed by atoms with Gasteiger partial charge in [0.1, 0.15) is 6.54 Å². The second-order valence-corrected chi connectivity index (χ2v) is 5.50. The predicted molar refractivity (Wildman–Crippen MR) is 89.5 cm³/mol. The van der Waals surface area contributed by atoms with Crippen LogP contribution in [0, 0.1) is 6.92 Å². The van der Waals surface area contributed by atoms with Gasteiger partial charge in [0.15, 0.2) is 11.7 Å². The molecule has 2 N–H and O–H groups in total. The number of aromatic nitrogens is 1.